The molecule has 0 amide bonds. The van der Waals surface area contributed by atoms with Gasteiger partial charge in [0.05, 0.1) is 23.2 Å². The van der Waals surface area contributed by atoms with Gasteiger partial charge in [-0.2, -0.15) is 0 Å². The fourth-order valence-electron chi connectivity index (χ4n) is 1.97. The number of benzene rings is 1. The van der Waals surface area contributed by atoms with Crippen molar-refractivity contribution < 1.29 is 4.92 Å². The summed E-state index contributed by atoms with van der Waals surface area (Å²) in [6.07, 6.45) is 4.43. The molecule has 3 aromatic rings. The second-order valence-corrected chi connectivity index (χ2v) is 4.13. The molecule has 0 unspecified atom stereocenters. The molecule has 3 rings (SSSR count). The molecule has 0 aliphatic carbocycles. The van der Waals surface area contributed by atoms with Crippen LogP contribution in [0.3, 0.4) is 0 Å². The molecule has 0 spiro atoms. The lowest BCUT2D eigenvalue weighted by Crippen LogP contribution is -2.22. The maximum Gasteiger partial charge on any atom is 0.350 e. The lowest BCUT2D eigenvalue weighted by molar-refractivity contribution is -0.385. The first kappa shape index (κ1) is 12.0. The van der Waals surface area contributed by atoms with E-state index < -0.39 is 4.92 Å². The van der Waals surface area contributed by atoms with Crippen LogP contribution in [0.1, 0.15) is 5.56 Å². The van der Waals surface area contributed by atoms with Crippen LogP contribution in [0, 0.1) is 10.1 Å². The lowest BCUT2D eigenvalue weighted by atomic mass is 10.2. The van der Waals surface area contributed by atoms with Crippen molar-refractivity contribution in [3.63, 3.8) is 0 Å². The molecular weight excluding hydrogens is 262 g/mol. The molecule has 2 aromatic heterocycles. The third-order valence-electron chi connectivity index (χ3n) is 2.90. The summed E-state index contributed by atoms with van der Waals surface area (Å²) in [6, 6.07) is 6.27. The highest BCUT2D eigenvalue weighted by atomic mass is 16.6. The molecule has 1 aromatic carbocycles. The smallest absolute Gasteiger partial charge is 0.259 e. The molecule has 0 N–H and O–H groups in total. The van der Waals surface area contributed by atoms with Crippen LogP contribution in [0.4, 0.5) is 5.69 Å². The van der Waals surface area contributed by atoms with Crippen LogP contribution in [0.15, 0.2) is 47.7 Å². The normalized spacial score (nSPS) is 10.8. The zero-order valence-electron chi connectivity index (χ0n) is 10.2. The van der Waals surface area contributed by atoms with Crippen LogP contribution in [-0.2, 0) is 6.54 Å². The van der Waals surface area contributed by atoms with Gasteiger partial charge < -0.3 is 0 Å². The van der Waals surface area contributed by atoms with E-state index in [4.69, 9.17) is 0 Å². The quantitative estimate of drug-likeness (QED) is 0.519. The van der Waals surface area contributed by atoms with E-state index in [1.165, 1.54) is 33.7 Å². The van der Waals surface area contributed by atoms with Crippen molar-refractivity contribution in [2.24, 2.45) is 0 Å². The van der Waals surface area contributed by atoms with Gasteiger partial charge in [0, 0.05) is 18.5 Å². The molecule has 20 heavy (non-hydrogen) atoms. The second kappa shape index (κ2) is 4.57. The molecule has 0 saturated carbocycles. The molecule has 8 heteroatoms. The Balaban J connectivity index is 2.08. The van der Waals surface area contributed by atoms with Crippen LogP contribution in [0.2, 0.25) is 0 Å². The van der Waals surface area contributed by atoms with E-state index in [-0.39, 0.29) is 17.9 Å². The number of hydrogen-bond donors (Lipinski definition) is 0. The third kappa shape index (κ3) is 1.92. The van der Waals surface area contributed by atoms with E-state index in [0.717, 1.165) is 0 Å². The van der Waals surface area contributed by atoms with Gasteiger partial charge in [0.15, 0.2) is 5.65 Å². The molecule has 0 radical (unpaired) electrons. The Hall–Kier alpha value is -3.03. The van der Waals surface area contributed by atoms with Crippen molar-refractivity contribution in [1.29, 1.82) is 0 Å². The van der Waals surface area contributed by atoms with Crippen molar-refractivity contribution in [3.05, 3.63) is 69.0 Å². The number of nitro benzene ring substituents is 1. The van der Waals surface area contributed by atoms with Crippen molar-refractivity contribution in [2.75, 3.05) is 0 Å². The molecule has 0 saturated heterocycles. The molecular formula is C12H9N5O3. The summed E-state index contributed by atoms with van der Waals surface area (Å²) in [6.45, 7) is 0.0394. The number of nitrogens with zero attached hydrogens (tertiary/aromatic N) is 5. The molecule has 100 valence electrons. The molecule has 0 aliphatic rings. The Morgan fingerprint density at radius 2 is 2.10 bits per heavy atom. The second-order valence-electron chi connectivity index (χ2n) is 4.13. The van der Waals surface area contributed by atoms with Crippen LogP contribution >= 0.6 is 0 Å². The average molecular weight is 271 g/mol. The highest BCUT2D eigenvalue weighted by molar-refractivity contribution is 5.40. The van der Waals surface area contributed by atoms with Crippen LogP contribution in [-0.4, -0.2) is 24.1 Å². The Bertz CT molecular complexity index is 851. The molecule has 0 bridgehead atoms. The lowest BCUT2D eigenvalue weighted by Gasteiger charge is -2.01. The Kier molecular flexibility index (Phi) is 2.75. The van der Waals surface area contributed by atoms with Crippen LogP contribution in [0.25, 0.3) is 5.65 Å². The first-order valence-electron chi connectivity index (χ1n) is 5.78. The largest absolute Gasteiger partial charge is 0.350 e. The minimum Gasteiger partial charge on any atom is -0.259 e. The van der Waals surface area contributed by atoms with Gasteiger partial charge in [-0.05, 0) is 0 Å². The van der Waals surface area contributed by atoms with Gasteiger partial charge in [0.2, 0.25) is 0 Å². The third-order valence-corrected chi connectivity index (χ3v) is 2.90. The number of aromatic nitrogens is 4. The van der Waals surface area contributed by atoms with Crippen LogP contribution in [0.5, 0.6) is 0 Å². The van der Waals surface area contributed by atoms with Crippen molar-refractivity contribution >= 4 is 11.3 Å². The maximum absolute atomic E-state index is 12.1. The van der Waals surface area contributed by atoms with E-state index in [1.54, 1.807) is 18.2 Å². The van der Waals surface area contributed by atoms with E-state index in [1.807, 2.05) is 0 Å². The number of para-hydroxylation sites is 1. The zero-order valence-corrected chi connectivity index (χ0v) is 10.2. The van der Waals surface area contributed by atoms with Crippen molar-refractivity contribution in [1.82, 2.24) is 19.2 Å². The standard InChI is InChI=1S/C12H9N5O3/c18-12-15-6-5-13-7-11(15)14-16(12)8-9-3-1-2-4-10(9)17(19)20/h1-7H,8H2. The Morgan fingerprint density at radius 1 is 1.30 bits per heavy atom. The SMILES string of the molecule is O=c1n(Cc2ccccc2[N+](=O)[O-])nc2cnccn12. The summed E-state index contributed by atoms with van der Waals surface area (Å²) < 4.78 is 2.51. The predicted molar refractivity (Wildman–Crippen MR) is 69.4 cm³/mol. The highest BCUT2D eigenvalue weighted by Crippen LogP contribution is 2.17. The fraction of sp³-hybridized carbons (Fsp3) is 0.0833. The fourth-order valence-corrected chi connectivity index (χ4v) is 1.97. The van der Waals surface area contributed by atoms with E-state index in [2.05, 4.69) is 10.1 Å². The molecule has 2 heterocycles. The van der Waals surface area contributed by atoms with Crippen molar-refractivity contribution in [3.8, 4) is 0 Å². The summed E-state index contributed by atoms with van der Waals surface area (Å²) in [7, 11) is 0. The first-order valence-corrected chi connectivity index (χ1v) is 5.78. The van der Waals surface area contributed by atoms with Gasteiger partial charge >= 0.3 is 5.69 Å². The van der Waals surface area contributed by atoms with Gasteiger partial charge in [-0.15, -0.1) is 5.10 Å². The molecule has 0 atom stereocenters. The summed E-state index contributed by atoms with van der Waals surface area (Å²) in [5.74, 6) is 0. The van der Waals surface area contributed by atoms with Gasteiger partial charge in [-0.25, -0.2) is 13.9 Å². The maximum atomic E-state index is 12.1. The first-order chi connectivity index (χ1) is 9.66. The number of fused-ring (bicyclic) bond motifs is 1. The van der Waals surface area contributed by atoms with Gasteiger partial charge in [0.25, 0.3) is 5.69 Å². The number of rotatable bonds is 3. The monoisotopic (exact) mass is 271 g/mol. The highest BCUT2D eigenvalue weighted by Gasteiger charge is 2.15. The van der Waals surface area contributed by atoms with Gasteiger partial charge in [-0.3, -0.25) is 15.1 Å². The minimum atomic E-state index is -0.474. The molecule has 8 nitrogen and oxygen atoms in total. The van der Waals surface area contributed by atoms with Crippen LogP contribution < -0.4 is 5.69 Å². The van der Waals surface area contributed by atoms with E-state index >= 15 is 0 Å². The summed E-state index contributed by atoms with van der Waals surface area (Å²) in [5.41, 5.74) is 0.433. The zero-order chi connectivity index (χ0) is 14.1. The van der Waals surface area contributed by atoms with Crippen molar-refractivity contribution in [2.45, 2.75) is 6.54 Å². The topological polar surface area (TPSA) is 95.3 Å². The summed E-state index contributed by atoms with van der Waals surface area (Å²) in [5, 5.41) is 15.0. The average Bonchev–Trinajstić information content (AvgIpc) is 2.76. The summed E-state index contributed by atoms with van der Waals surface area (Å²) >= 11 is 0. The Labute approximate surface area is 112 Å². The summed E-state index contributed by atoms with van der Waals surface area (Å²) in [4.78, 5) is 26.4. The predicted octanol–water partition coefficient (Wildman–Crippen LogP) is 0.847. The number of hydrogen-bond acceptors (Lipinski definition) is 5. The van der Waals surface area contributed by atoms with Gasteiger partial charge in [-0.1, -0.05) is 18.2 Å². The Morgan fingerprint density at radius 3 is 2.85 bits per heavy atom. The van der Waals surface area contributed by atoms with Gasteiger partial charge in [0.1, 0.15) is 0 Å². The number of nitro groups is 1. The van der Waals surface area contributed by atoms with E-state index in [0.29, 0.717) is 11.2 Å². The molecule has 0 fully saturated rings. The molecule has 0 aliphatic heterocycles. The minimum absolute atomic E-state index is 0.0328. The van der Waals surface area contributed by atoms with E-state index in [9.17, 15) is 14.9 Å².